The van der Waals surface area contributed by atoms with Gasteiger partial charge in [-0.05, 0) is 73.2 Å². The Hall–Kier alpha value is -3.85. The lowest BCUT2D eigenvalue weighted by atomic mass is 10.2. The second-order valence-electron chi connectivity index (χ2n) is 6.80. The minimum atomic E-state index is -0.579. The van der Waals surface area contributed by atoms with Crippen molar-refractivity contribution in [1.82, 2.24) is 5.43 Å². The number of hydrazone groups is 1. The molecule has 3 aromatic rings. The number of methoxy groups -OCH3 is 2. The normalized spacial score (nSPS) is 10.6. The summed E-state index contributed by atoms with van der Waals surface area (Å²) in [7, 11) is 3.00. The van der Waals surface area contributed by atoms with E-state index in [-0.39, 0.29) is 11.7 Å². The molecule has 0 saturated heterocycles. The van der Waals surface area contributed by atoms with E-state index < -0.39 is 5.97 Å². The highest BCUT2D eigenvalue weighted by atomic mass is 79.9. The number of rotatable bonds is 9. The summed E-state index contributed by atoms with van der Waals surface area (Å²) in [5.74, 6) is 0.611. The van der Waals surface area contributed by atoms with E-state index in [1.54, 1.807) is 54.6 Å². The van der Waals surface area contributed by atoms with Gasteiger partial charge in [-0.3, -0.25) is 4.79 Å². The smallest absolute Gasteiger partial charge is 0.343 e. The molecule has 176 valence electrons. The number of hydrogen-bond donors (Lipinski definition) is 1. The maximum absolute atomic E-state index is 12.7. The van der Waals surface area contributed by atoms with Crippen molar-refractivity contribution in [2.75, 3.05) is 20.8 Å². The Bertz CT molecular complexity index is 1190. The lowest BCUT2D eigenvalue weighted by Gasteiger charge is -2.12. The summed E-state index contributed by atoms with van der Waals surface area (Å²) in [6.45, 7) is 2.18. The summed E-state index contributed by atoms with van der Waals surface area (Å²) >= 11 is 3.33. The van der Waals surface area contributed by atoms with E-state index in [0.29, 0.717) is 40.5 Å². The summed E-state index contributed by atoms with van der Waals surface area (Å²) in [6, 6.07) is 16.6. The maximum atomic E-state index is 12.7. The van der Waals surface area contributed by atoms with Crippen molar-refractivity contribution in [1.29, 1.82) is 0 Å². The highest BCUT2D eigenvalue weighted by Gasteiger charge is 2.16. The molecule has 0 spiro atoms. The van der Waals surface area contributed by atoms with Crippen molar-refractivity contribution in [2.24, 2.45) is 5.10 Å². The van der Waals surface area contributed by atoms with Gasteiger partial charge in [0.1, 0.15) is 0 Å². The van der Waals surface area contributed by atoms with Crippen LogP contribution in [0.5, 0.6) is 23.0 Å². The minimum absolute atomic E-state index is 0.248. The molecule has 9 heteroatoms. The second-order valence-corrected chi connectivity index (χ2v) is 7.72. The lowest BCUT2D eigenvalue weighted by Crippen LogP contribution is -2.17. The molecule has 1 N–H and O–H groups in total. The molecule has 0 aliphatic rings. The van der Waals surface area contributed by atoms with E-state index in [4.69, 9.17) is 18.9 Å². The van der Waals surface area contributed by atoms with Crippen LogP contribution in [-0.4, -0.2) is 38.9 Å². The highest BCUT2D eigenvalue weighted by molar-refractivity contribution is 9.10. The molecule has 0 heterocycles. The molecule has 0 unspecified atom stereocenters. The van der Waals surface area contributed by atoms with Gasteiger partial charge in [0.25, 0.3) is 5.91 Å². The zero-order valence-corrected chi connectivity index (χ0v) is 20.4. The fourth-order valence-electron chi connectivity index (χ4n) is 2.91. The van der Waals surface area contributed by atoms with Gasteiger partial charge in [0.2, 0.25) is 0 Å². The Balaban J connectivity index is 1.72. The maximum Gasteiger partial charge on any atom is 0.343 e. The van der Waals surface area contributed by atoms with Crippen LogP contribution in [0.2, 0.25) is 0 Å². The monoisotopic (exact) mass is 526 g/mol. The fourth-order valence-corrected chi connectivity index (χ4v) is 3.18. The predicted molar refractivity (Wildman–Crippen MR) is 131 cm³/mol. The van der Waals surface area contributed by atoms with E-state index in [9.17, 15) is 9.59 Å². The Morgan fingerprint density at radius 1 is 0.882 bits per heavy atom. The average Bonchev–Trinajstić information content (AvgIpc) is 2.85. The zero-order valence-electron chi connectivity index (χ0n) is 18.8. The average molecular weight is 527 g/mol. The second kappa shape index (κ2) is 11.9. The van der Waals surface area contributed by atoms with Crippen LogP contribution in [0.15, 0.2) is 70.2 Å². The molecule has 0 aliphatic heterocycles. The molecule has 34 heavy (non-hydrogen) atoms. The molecule has 0 radical (unpaired) electrons. The third-order valence-corrected chi connectivity index (χ3v) is 5.10. The van der Waals surface area contributed by atoms with E-state index in [0.717, 1.165) is 4.47 Å². The summed E-state index contributed by atoms with van der Waals surface area (Å²) in [4.78, 5) is 24.8. The third kappa shape index (κ3) is 6.35. The molecule has 0 fully saturated rings. The topological polar surface area (TPSA) is 95.5 Å². The number of nitrogens with one attached hydrogen (secondary N) is 1. The van der Waals surface area contributed by atoms with Gasteiger partial charge in [-0.25, -0.2) is 10.2 Å². The van der Waals surface area contributed by atoms with Crippen molar-refractivity contribution in [3.63, 3.8) is 0 Å². The van der Waals surface area contributed by atoms with Crippen molar-refractivity contribution in [3.8, 4) is 23.0 Å². The zero-order chi connectivity index (χ0) is 24.5. The lowest BCUT2D eigenvalue weighted by molar-refractivity contribution is 0.0727. The largest absolute Gasteiger partial charge is 0.493 e. The van der Waals surface area contributed by atoms with Gasteiger partial charge in [-0.2, -0.15) is 5.10 Å². The molecule has 1 amide bonds. The van der Waals surface area contributed by atoms with Gasteiger partial charge in [-0.15, -0.1) is 0 Å². The Labute approximate surface area is 205 Å². The number of ether oxygens (including phenoxy) is 4. The highest BCUT2D eigenvalue weighted by Crippen LogP contribution is 2.31. The molecular formula is C25H23BrN2O6. The molecular weight excluding hydrogens is 504 g/mol. The summed E-state index contributed by atoms with van der Waals surface area (Å²) in [5.41, 5.74) is 3.89. The number of amides is 1. The van der Waals surface area contributed by atoms with E-state index >= 15 is 0 Å². The van der Waals surface area contributed by atoms with Crippen molar-refractivity contribution in [3.05, 3.63) is 81.8 Å². The molecule has 3 aromatic carbocycles. The van der Waals surface area contributed by atoms with Gasteiger partial charge in [0, 0.05) is 10.0 Å². The standard InChI is InChI=1S/C25H23BrN2O6/c1-4-33-23-13-16(15-27-28-24(29)17-6-9-19(26)10-7-17)5-11-21(23)34-25(30)18-8-12-20(31-2)22(14-18)32-3/h5-15H,4H2,1-3H3,(H,28,29). The Kier molecular flexibility index (Phi) is 8.64. The van der Waals surface area contributed by atoms with Crippen LogP contribution in [0.3, 0.4) is 0 Å². The first kappa shape index (κ1) is 24.8. The molecule has 0 saturated carbocycles. The Morgan fingerprint density at radius 3 is 2.24 bits per heavy atom. The first-order valence-corrected chi connectivity index (χ1v) is 11.0. The SMILES string of the molecule is CCOc1cc(C=NNC(=O)c2ccc(Br)cc2)ccc1OC(=O)c1ccc(OC)c(OC)c1. The quantitative estimate of drug-likeness (QED) is 0.185. The first-order valence-electron chi connectivity index (χ1n) is 10.2. The summed E-state index contributed by atoms with van der Waals surface area (Å²) in [5, 5.41) is 3.99. The van der Waals surface area contributed by atoms with Crippen LogP contribution >= 0.6 is 15.9 Å². The van der Waals surface area contributed by atoms with Crippen LogP contribution in [0, 0.1) is 0 Å². The number of nitrogens with zero attached hydrogens (tertiary/aromatic N) is 1. The van der Waals surface area contributed by atoms with Gasteiger partial charge in [-0.1, -0.05) is 15.9 Å². The molecule has 0 bridgehead atoms. The van der Waals surface area contributed by atoms with Crippen molar-refractivity contribution in [2.45, 2.75) is 6.92 Å². The van der Waals surface area contributed by atoms with Crippen LogP contribution in [0.25, 0.3) is 0 Å². The number of carbonyl (C=O) groups is 2. The first-order chi connectivity index (χ1) is 16.4. The number of esters is 1. The number of hydrogen-bond acceptors (Lipinski definition) is 7. The van der Waals surface area contributed by atoms with E-state index in [1.165, 1.54) is 26.5 Å². The number of benzene rings is 3. The number of carbonyl (C=O) groups excluding carboxylic acids is 2. The molecule has 3 rings (SSSR count). The van der Waals surface area contributed by atoms with Crippen LogP contribution in [0.4, 0.5) is 0 Å². The summed E-state index contributed by atoms with van der Waals surface area (Å²) < 4.78 is 22.5. The van der Waals surface area contributed by atoms with Crippen LogP contribution < -0.4 is 24.4 Å². The van der Waals surface area contributed by atoms with Crippen LogP contribution in [0.1, 0.15) is 33.2 Å². The molecule has 8 nitrogen and oxygen atoms in total. The van der Waals surface area contributed by atoms with Gasteiger partial charge in [0.05, 0.1) is 32.6 Å². The van der Waals surface area contributed by atoms with E-state index in [2.05, 4.69) is 26.5 Å². The van der Waals surface area contributed by atoms with Gasteiger partial charge >= 0.3 is 5.97 Å². The third-order valence-electron chi connectivity index (χ3n) is 4.58. The van der Waals surface area contributed by atoms with Gasteiger partial charge in [0.15, 0.2) is 23.0 Å². The molecule has 0 atom stereocenters. The summed E-state index contributed by atoms with van der Waals surface area (Å²) in [6.07, 6.45) is 1.47. The molecule has 0 aromatic heterocycles. The predicted octanol–water partition coefficient (Wildman–Crippen LogP) is 4.85. The van der Waals surface area contributed by atoms with Crippen LogP contribution in [-0.2, 0) is 0 Å². The van der Waals surface area contributed by atoms with Gasteiger partial charge < -0.3 is 18.9 Å². The molecule has 0 aliphatic carbocycles. The van der Waals surface area contributed by atoms with E-state index in [1.807, 2.05) is 6.92 Å². The minimum Gasteiger partial charge on any atom is -0.493 e. The Morgan fingerprint density at radius 2 is 1.56 bits per heavy atom. The van der Waals surface area contributed by atoms with Crippen molar-refractivity contribution < 1.29 is 28.5 Å². The fraction of sp³-hybridized carbons (Fsp3) is 0.160. The number of halogens is 1. The van der Waals surface area contributed by atoms with Crippen molar-refractivity contribution >= 4 is 34.0 Å².